The van der Waals surface area contributed by atoms with E-state index in [1.54, 1.807) is 6.07 Å². The second kappa shape index (κ2) is 6.30. The predicted octanol–water partition coefficient (Wildman–Crippen LogP) is 3.71. The maximum absolute atomic E-state index is 14.1. The Balaban J connectivity index is 1.76. The van der Waals surface area contributed by atoms with Crippen LogP contribution < -0.4 is 10.2 Å². The SMILES string of the molecule is CC1CNC(C2CCCCC2)CN1c1ccc(F)cc1F. The Morgan fingerprint density at radius 2 is 1.90 bits per heavy atom. The number of rotatable bonds is 2. The van der Waals surface area contributed by atoms with Crippen LogP contribution >= 0.6 is 0 Å². The number of nitrogens with one attached hydrogen (secondary N) is 1. The maximum Gasteiger partial charge on any atom is 0.149 e. The molecule has 1 N–H and O–H groups in total. The highest BCUT2D eigenvalue weighted by Gasteiger charge is 2.32. The normalized spacial score (nSPS) is 27.9. The summed E-state index contributed by atoms with van der Waals surface area (Å²) in [5.41, 5.74) is 0.534. The quantitative estimate of drug-likeness (QED) is 0.894. The monoisotopic (exact) mass is 294 g/mol. The number of hydrogen-bond donors (Lipinski definition) is 1. The Morgan fingerprint density at radius 1 is 1.14 bits per heavy atom. The molecule has 2 unspecified atom stereocenters. The summed E-state index contributed by atoms with van der Waals surface area (Å²) in [6.45, 7) is 3.76. The molecule has 0 radical (unpaired) electrons. The molecule has 0 aromatic heterocycles. The summed E-state index contributed by atoms with van der Waals surface area (Å²) in [7, 11) is 0. The molecule has 1 aromatic carbocycles. The molecule has 2 fully saturated rings. The lowest BCUT2D eigenvalue weighted by Gasteiger charge is -2.44. The maximum atomic E-state index is 14.1. The van der Waals surface area contributed by atoms with Gasteiger partial charge in [-0.3, -0.25) is 0 Å². The molecule has 1 saturated heterocycles. The van der Waals surface area contributed by atoms with Gasteiger partial charge in [0.15, 0.2) is 0 Å². The Labute approximate surface area is 125 Å². The molecule has 0 amide bonds. The molecule has 1 heterocycles. The molecule has 3 rings (SSSR count). The van der Waals surface area contributed by atoms with Gasteiger partial charge in [0.25, 0.3) is 0 Å². The summed E-state index contributed by atoms with van der Waals surface area (Å²) in [6, 6.07) is 4.56. The van der Waals surface area contributed by atoms with Crippen LogP contribution in [-0.4, -0.2) is 25.2 Å². The highest BCUT2D eigenvalue weighted by Crippen LogP contribution is 2.31. The first-order valence-corrected chi connectivity index (χ1v) is 8.10. The van der Waals surface area contributed by atoms with Gasteiger partial charge in [0, 0.05) is 31.2 Å². The molecule has 0 bridgehead atoms. The van der Waals surface area contributed by atoms with Crippen LogP contribution in [-0.2, 0) is 0 Å². The molecule has 0 spiro atoms. The van der Waals surface area contributed by atoms with Crippen molar-refractivity contribution in [2.75, 3.05) is 18.0 Å². The van der Waals surface area contributed by atoms with Gasteiger partial charge in [0.1, 0.15) is 11.6 Å². The van der Waals surface area contributed by atoms with Crippen molar-refractivity contribution in [3.05, 3.63) is 29.8 Å². The van der Waals surface area contributed by atoms with Crippen molar-refractivity contribution in [2.24, 2.45) is 5.92 Å². The second-order valence-electron chi connectivity index (χ2n) is 6.51. The van der Waals surface area contributed by atoms with Gasteiger partial charge in [0.05, 0.1) is 5.69 Å². The topological polar surface area (TPSA) is 15.3 Å². The van der Waals surface area contributed by atoms with Crippen molar-refractivity contribution in [1.82, 2.24) is 5.32 Å². The first-order chi connectivity index (χ1) is 10.1. The zero-order valence-corrected chi connectivity index (χ0v) is 12.6. The number of benzene rings is 1. The fraction of sp³-hybridized carbons (Fsp3) is 0.647. The van der Waals surface area contributed by atoms with E-state index >= 15 is 0 Å². The van der Waals surface area contributed by atoms with Gasteiger partial charge >= 0.3 is 0 Å². The van der Waals surface area contributed by atoms with Crippen molar-refractivity contribution in [3.8, 4) is 0 Å². The lowest BCUT2D eigenvalue weighted by atomic mass is 9.82. The van der Waals surface area contributed by atoms with E-state index in [0.717, 1.165) is 19.2 Å². The van der Waals surface area contributed by atoms with Gasteiger partial charge < -0.3 is 10.2 Å². The van der Waals surface area contributed by atoms with E-state index in [1.165, 1.54) is 38.2 Å². The minimum Gasteiger partial charge on any atom is -0.364 e. The summed E-state index contributed by atoms with van der Waals surface area (Å²) in [6.07, 6.45) is 6.50. The average Bonchev–Trinajstić information content (AvgIpc) is 2.49. The van der Waals surface area contributed by atoms with Crippen LogP contribution in [0.4, 0.5) is 14.5 Å². The largest absolute Gasteiger partial charge is 0.364 e. The van der Waals surface area contributed by atoms with E-state index in [4.69, 9.17) is 0 Å². The Bertz CT molecular complexity index is 486. The van der Waals surface area contributed by atoms with E-state index in [0.29, 0.717) is 17.6 Å². The first-order valence-electron chi connectivity index (χ1n) is 8.10. The van der Waals surface area contributed by atoms with Gasteiger partial charge in [0.2, 0.25) is 0 Å². The van der Waals surface area contributed by atoms with E-state index in [9.17, 15) is 8.78 Å². The fourth-order valence-corrected chi connectivity index (χ4v) is 3.79. The fourth-order valence-electron chi connectivity index (χ4n) is 3.79. The minimum absolute atomic E-state index is 0.227. The van der Waals surface area contributed by atoms with Crippen LogP contribution in [0.5, 0.6) is 0 Å². The highest BCUT2D eigenvalue weighted by atomic mass is 19.1. The van der Waals surface area contributed by atoms with Crippen LogP contribution in [0, 0.1) is 17.6 Å². The number of piperazine rings is 1. The van der Waals surface area contributed by atoms with Crippen molar-refractivity contribution in [2.45, 2.75) is 51.1 Å². The second-order valence-corrected chi connectivity index (χ2v) is 6.51. The smallest absolute Gasteiger partial charge is 0.149 e. The zero-order valence-electron chi connectivity index (χ0n) is 12.6. The minimum atomic E-state index is -0.511. The molecule has 2 atom stereocenters. The average molecular weight is 294 g/mol. The standard InChI is InChI=1S/C17H24F2N2/c1-12-10-20-16(13-5-3-2-4-6-13)11-21(12)17-8-7-14(18)9-15(17)19/h7-9,12-13,16,20H,2-6,10-11H2,1H3. The van der Waals surface area contributed by atoms with Gasteiger partial charge in [-0.1, -0.05) is 19.3 Å². The van der Waals surface area contributed by atoms with Crippen molar-refractivity contribution in [3.63, 3.8) is 0 Å². The van der Waals surface area contributed by atoms with Gasteiger partial charge in [-0.05, 0) is 37.8 Å². The number of nitrogens with zero attached hydrogens (tertiary/aromatic N) is 1. The molecule has 1 saturated carbocycles. The molecule has 2 aliphatic rings. The Hall–Kier alpha value is -1.16. The molecule has 1 aliphatic heterocycles. The van der Waals surface area contributed by atoms with Crippen molar-refractivity contribution >= 4 is 5.69 Å². The third-order valence-corrected chi connectivity index (χ3v) is 5.04. The summed E-state index contributed by atoms with van der Waals surface area (Å²) in [4.78, 5) is 2.10. The van der Waals surface area contributed by atoms with E-state index in [1.807, 2.05) is 0 Å². The van der Waals surface area contributed by atoms with Gasteiger partial charge in [-0.2, -0.15) is 0 Å². The van der Waals surface area contributed by atoms with Gasteiger partial charge in [-0.15, -0.1) is 0 Å². The van der Waals surface area contributed by atoms with Crippen molar-refractivity contribution < 1.29 is 8.78 Å². The van der Waals surface area contributed by atoms with Gasteiger partial charge in [-0.25, -0.2) is 8.78 Å². The molecular formula is C17H24F2N2. The van der Waals surface area contributed by atoms with Crippen LogP contribution in [0.25, 0.3) is 0 Å². The molecule has 116 valence electrons. The lowest BCUT2D eigenvalue weighted by molar-refractivity contribution is 0.244. The van der Waals surface area contributed by atoms with Crippen LogP contribution in [0.15, 0.2) is 18.2 Å². The van der Waals surface area contributed by atoms with Crippen LogP contribution in [0.2, 0.25) is 0 Å². The zero-order chi connectivity index (χ0) is 14.8. The third kappa shape index (κ3) is 3.20. The molecule has 1 aliphatic carbocycles. The summed E-state index contributed by atoms with van der Waals surface area (Å²) in [5.74, 6) is -0.272. The third-order valence-electron chi connectivity index (χ3n) is 5.04. The Kier molecular flexibility index (Phi) is 4.43. The van der Waals surface area contributed by atoms with Crippen LogP contribution in [0.1, 0.15) is 39.0 Å². The summed E-state index contributed by atoms with van der Waals surface area (Å²) >= 11 is 0. The van der Waals surface area contributed by atoms with Crippen LogP contribution in [0.3, 0.4) is 0 Å². The lowest BCUT2D eigenvalue weighted by Crippen LogP contribution is -2.58. The summed E-state index contributed by atoms with van der Waals surface area (Å²) < 4.78 is 27.2. The number of anilines is 1. The van der Waals surface area contributed by atoms with E-state index < -0.39 is 11.6 Å². The van der Waals surface area contributed by atoms with Crippen molar-refractivity contribution in [1.29, 1.82) is 0 Å². The highest BCUT2D eigenvalue weighted by molar-refractivity contribution is 5.49. The molecule has 1 aromatic rings. The Morgan fingerprint density at radius 3 is 2.62 bits per heavy atom. The number of hydrogen-bond acceptors (Lipinski definition) is 2. The molecule has 2 nitrogen and oxygen atoms in total. The first kappa shape index (κ1) is 14.8. The number of halogens is 2. The molecule has 4 heteroatoms. The molecule has 21 heavy (non-hydrogen) atoms. The molecular weight excluding hydrogens is 270 g/mol. The van der Waals surface area contributed by atoms with E-state index in [2.05, 4.69) is 17.1 Å². The predicted molar refractivity (Wildman–Crippen MR) is 81.5 cm³/mol. The summed E-state index contributed by atoms with van der Waals surface area (Å²) in [5, 5.41) is 3.63. The van der Waals surface area contributed by atoms with E-state index in [-0.39, 0.29) is 6.04 Å².